The summed E-state index contributed by atoms with van der Waals surface area (Å²) < 4.78 is 1.06. The van der Waals surface area contributed by atoms with Crippen molar-refractivity contribution in [1.82, 2.24) is 4.98 Å². The first-order valence-corrected chi connectivity index (χ1v) is 7.04. The third-order valence-corrected chi connectivity index (χ3v) is 4.54. The Kier molecular flexibility index (Phi) is 3.89. The molecule has 1 nitrogen and oxygen atoms in total. The van der Waals surface area contributed by atoms with Crippen LogP contribution < -0.4 is 0 Å². The minimum absolute atomic E-state index is 1.02. The lowest BCUT2D eigenvalue weighted by Gasteiger charge is -2.07. The standard InChI is InChI=1S/C14H14BrNS/c1-9-4-5-13(11(3)6-9)17-14-12(15)7-10(2)8-16-14/h4-8H,1-3H3. The number of nitrogens with zero attached hydrogens (tertiary/aromatic N) is 1. The number of benzene rings is 1. The van der Waals surface area contributed by atoms with E-state index in [9.17, 15) is 0 Å². The van der Waals surface area contributed by atoms with Crippen molar-refractivity contribution < 1.29 is 0 Å². The molecule has 0 aliphatic heterocycles. The van der Waals surface area contributed by atoms with Crippen LogP contribution in [0.1, 0.15) is 16.7 Å². The van der Waals surface area contributed by atoms with Gasteiger partial charge in [-0.15, -0.1) is 0 Å². The molecule has 0 fully saturated rings. The second-order valence-corrected chi connectivity index (χ2v) is 6.06. The van der Waals surface area contributed by atoms with E-state index in [4.69, 9.17) is 0 Å². The van der Waals surface area contributed by atoms with Crippen LogP contribution in [0.3, 0.4) is 0 Å². The van der Waals surface area contributed by atoms with Crippen LogP contribution in [-0.2, 0) is 0 Å². The predicted octanol–water partition coefficient (Wildman–Crippen LogP) is 4.92. The first kappa shape index (κ1) is 12.7. The van der Waals surface area contributed by atoms with Crippen LogP contribution in [0, 0.1) is 20.8 Å². The number of pyridine rings is 1. The summed E-state index contributed by atoms with van der Waals surface area (Å²) in [5, 5.41) is 1.02. The molecule has 0 saturated heterocycles. The molecule has 2 rings (SSSR count). The number of aryl methyl sites for hydroxylation is 3. The molecule has 0 saturated carbocycles. The van der Waals surface area contributed by atoms with Gasteiger partial charge in [-0.3, -0.25) is 0 Å². The molecule has 17 heavy (non-hydrogen) atoms. The van der Waals surface area contributed by atoms with E-state index in [0.717, 1.165) is 9.50 Å². The lowest BCUT2D eigenvalue weighted by molar-refractivity contribution is 1.08. The van der Waals surface area contributed by atoms with Gasteiger partial charge in [0.05, 0.1) is 4.47 Å². The Labute approximate surface area is 115 Å². The van der Waals surface area contributed by atoms with Crippen molar-refractivity contribution in [1.29, 1.82) is 0 Å². The highest BCUT2D eigenvalue weighted by atomic mass is 79.9. The molecule has 0 N–H and O–H groups in total. The van der Waals surface area contributed by atoms with Crippen LogP contribution >= 0.6 is 27.7 Å². The lowest BCUT2D eigenvalue weighted by atomic mass is 10.2. The summed E-state index contributed by atoms with van der Waals surface area (Å²) >= 11 is 5.26. The van der Waals surface area contributed by atoms with Gasteiger partial charge in [0, 0.05) is 11.1 Å². The Bertz CT molecular complexity index is 502. The molecule has 0 bridgehead atoms. The molecule has 0 amide bonds. The summed E-state index contributed by atoms with van der Waals surface area (Å²) in [7, 11) is 0. The summed E-state index contributed by atoms with van der Waals surface area (Å²) in [6.07, 6.45) is 1.90. The number of hydrogen-bond acceptors (Lipinski definition) is 2. The van der Waals surface area contributed by atoms with Crippen molar-refractivity contribution in [2.75, 3.05) is 0 Å². The second kappa shape index (κ2) is 5.23. The first-order valence-electron chi connectivity index (χ1n) is 5.43. The molecule has 0 atom stereocenters. The topological polar surface area (TPSA) is 12.9 Å². The third kappa shape index (κ3) is 3.11. The fourth-order valence-corrected chi connectivity index (χ4v) is 3.15. The van der Waals surface area contributed by atoms with Gasteiger partial charge in [0.25, 0.3) is 0 Å². The third-order valence-electron chi connectivity index (χ3n) is 2.48. The van der Waals surface area contributed by atoms with Crippen molar-refractivity contribution in [2.24, 2.45) is 0 Å². The lowest BCUT2D eigenvalue weighted by Crippen LogP contribution is -1.86. The molecular formula is C14H14BrNS. The zero-order valence-electron chi connectivity index (χ0n) is 10.1. The van der Waals surface area contributed by atoms with Crippen LogP contribution in [0.15, 0.2) is 44.9 Å². The minimum atomic E-state index is 1.02. The maximum absolute atomic E-state index is 4.45. The highest BCUT2D eigenvalue weighted by molar-refractivity contribution is 9.10. The molecule has 0 spiro atoms. The van der Waals surface area contributed by atoms with Crippen LogP contribution in [0.5, 0.6) is 0 Å². The van der Waals surface area contributed by atoms with E-state index >= 15 is 0 Å². The van der Waals surface area contributed by atoms with Crippen LogP contribution in [-0.4, -0.2) is 4.98 Å². The zero-order valence-corrected chi connectivity index (χ0v) is 12.5. The van der Waals surface area contributed by atoms with Gasteiger partial charge in [0.15, 0.2) is 0 Å². The Morgan fingerprint density at radius 2 is 1.82 bits per heavy atom. The van der Waals surface area contributed by atoms with E-state index in [1.807, 2.05) is 13.1 Å². The summed E-state index contributed by atoms with van der Waals surface area (Å²) in [4.78, 5) is 5.71. The molecule has 88 valence electrons. The molecule has 2 aromatic rings. The fourth-order valence-electron chi connectivity index (χ4n) is 1.61. The maximum Gasteiger partial charge on any atom is 0.115 e. The van der Waals surface area contributed by atoms with Gasteiger partial charge in [0.1, 0.15) is 5.03 Å². The van der Waals surface area contributed by atoms with Gasteiger partial charge in [-0.25, -0.2) is 4.98 Å². The first-order chi connectivity index (χ1) is 8.06. The summed E-state index contributed by atoms with van der Waals surface area (Å²) in [5.41, 5.74) is 3.76. The highest BCUT2D eigenvalue weighted by Gasteiger charge is 2.06. The van der Waals surface area contributed by atoms with E-state index in [1.165, 1.54) is 21.6 Å². The van der Waals surface area contributed by atoms with Gasteiger partial charge in [-0.05, 0) is 60.0 Å². The summed E-state index contributed by atoms with van der Waals surface area (Å²) in [6, 6.07) is 8.59. The maximum atomic E-state index is 4.45. The number of aromatic nitrogens is 1. The van der Waals surface area contributed by atoms with Crippen LogP contribution in [0.25, 0.3) is 0 Å². The molecule has 0 aliphatic rings. The average Bonchev–Trinajstić information content (AvgIpc) is 2.25. The molecule has 1 heterocycles. The van der Waals surface area contributed by atoms with Gasteiger partial charge in [-0.2, -0.15) is 0 Å². The number of rotatable bonds is 2. The molecule has 1 aromatic carbocycles. The van der Waals surface area contributed by atoms with Gasteiger partial charge >= 0.3 is 0 Å². The Morgan fingerprint density at radius 3 is 2.47 bits per heavy atom. The van der Waals surface area contributed by atoms with Crippen molar-refractivity contribution >= 4 is 27.7 Å². The second-order valence-electron chi connectivity index (χ2n) is 4.17. The van der Waals surface area contributed by atoms with E-state index in [0.29, 0.717) is 0 Å². The number of halogens is 1. The van der Waals surface area contributed by atoms with Crippen molar-refractivity contribution in [2.45, 2.75) is 30.7 Å². The fraction of sp³-hybridized carbons (Fsp3) is 0.214. The number of hydrogen-bond donors (Lipinski definition) is 0. The summed E-state index contributed by atoms with van der Waals surface area (Å²) in [5.74, 6) is 0. The van der Waals surface area contributed by atoms with Crippen molar-refractivity contribution in [3.63, 3.8) is 0 Å². The van der Waals surface area contributed by atoms with Crippen LogP contribution in [0.4, 0.5) is 0 Å². The smallest absolute Gasteiger partial charge is 0.115 e. The zero-order chi connectivity index (χ0) is 12.4. The highest BCUT2D eigenvalue weighted by Crippen LogP contribution is 2.34. The molecule has 1 aromatic heterocycles. The molecule has 0 radical (unpaired) electrons. The monoisotopic (exact) mass is 307 g/mol. The van der Waals surface area contributed by atoms with E-state index < -0.39 is 0 Å². The Balaban J connectivity index is 2.31. The predicted molar refractivity (Wildman–Crippen MR) is 76.7 cm³/mol. The Morgan fingerprint density at radius 1 is 1.06 bits per heavy atom. The van der Waals surface area contributed by atoms with Gasteiger partial charge in [0.2, 0.25) is 0 Å². The van der Waals surface area contributed by atoms with Crippen molar-refractivity contribution in [3.8, 4) is 0 Å². The van der Waals surface area contributed by atoms with Gasteiger partial charge in [-0.1, -0.05) is 29.5 Å². The van der Waals surface area contributed by atoms with E-state index in [2.05, 4.69) is 59.0 Å². The SMILES string of the molecule is Cc1ccc(Sc2ncc(C)cc2Br)c(C)c1. The quantitative estimate of drug-likeness (QED) is 0.781. The molecule has 0 unspecified atom stereocenters. The average molecular weight is 308 g/mol. The normalized spacial score (nSPS) is 10.6. The summed E-state index contributed by atoms with van der Waals surface area (Å²) in [6.45, 7) is 6.29. The minimum Gasteiger partial charge on any atom is -0.248 e. The van der Waals surface area contributed by atoms with Crippen molar-refractivity contribution in [3.05, 3.63) is 51.6 Å². The van der Waals surface area contributed by atoms with E-state index in [-0.39, 0.29) is 0 Å². The largest absolute Gasteiger partial charge is 0.248 e. The Hall–Kier alpha value is -0.800. The molecule has 3 heteroatoms. The van der Waals surface area contributed by atoms with E-state index in [1.54, 1.807) is 11.8 Å². The van der Waals surface area contributed by atoms with Gasteiger partial charge < -0.3 is 0 Å². The molecular weight excluding hydrogens is 294 g/mol. The van der Waals surface area contributed by atoms with Crippen LogP contribution in [0.2, 0.25) is 0 Å². The molecule has 0 aliphatic carbocycles.